The molecule has 0 spiro atoms. The van der Waals surface area contributed by atoms with Crippen LogP contribution in [-0.2, 0) is 4.79 Å². The van der Waals surface area contributed by atoms with Crippen molar-refractivity contribution in [3.05, 3.63) is 23.9 Å². The monoisotopic (exact) mass is 289 g/mol. The Morgan fingerprint density at radius 2 is 2.33 bits per heavy atom. The Hall–Kier alpha value is -1.65. The second-order valence-electron chi connectivity index (χ2n) is 6.36. The topological polar surface area (TPSA) is 59.2 Å². The molecule has 5 heteroatoms. The van der Waals surface area contributed by atoms with E-state index in [-0.39, 0.29) is 17.9 Å². The summed E-state index contributed by atoms with van der Waals surface area (Å²) >= 11 is 0. The van der Waals surface area contributed by atoms with Crippen molar-refractivity contribution in [2.24, 2.45) is 5.92 Å². The number of hydrogen-bond acceptors (Lipinski definition) is 4. The van der Waals surface area contributed by atoms with Gasteiger partial charge in [-0.1, -0.05) is 31.2 Å². The van der Waals surface area contributed by atoms with Gasteiger partial charge in [-0.05, 0) is 31.6 Å². The molecule has 0 bridgehead atoms. The van der Waals surface area contributed by atoms with Crippen LogP contribution >= 0.6 is 0 Å². The minimum absolute atomic E-state index is 0.000803. The first-order valence-corrected chi connectivity index (χ1v) is 7.94. The van der Waals surface area contributed by atoms with Crippen molar-refractivity contribution in [3.63, 3.8) is 0 Å². The minimum Gasteiger partial charge on any atom is -0.339 e. The number of allylic oxidation sites excluding steroid dienone is 2. The maximum Gasteiger partial charge on any atom is 0.229 e. The highest BCUT2D eigenvalue weighted by molar-refractivity contribution is 5.77. The maximum atomic E-state index is 12.5. The highest BCUT2D eigenvalue weighted by Crippen LogP contribution is 2.33. The first-order chi connectivity index (χ1) is 10.1. The van der Waals surface area contributed by atoms with E-state index in [1.54, 1.807) is 0 Å². The smallest absolute Gasteiger partial charge is 0.229 e. The van der Waals surface area contributed by atoms with Gasteiger partial charge in [0.05, 0.1) is 6.04 Å². The van der Waals surface area contributed by atoms with Crippen molar-refractivity contribution >= 4 is 5.91 Å². The molecule has 1 amide bonds. The van der Waals surface area contributed by atoms with Gasteiger partial charge in [0, 0.05) is 18.9 Å². The Morgan fingerprint density at radius 1 is 1.48 bits per heavy atom. The van der Waals surface area contributed by atoms with E-state index in [1.807, 2.05) is 18.7 Å². The van der Waals surface area contributed by atoms with Gasteiger partial charge >= 0.3 is 0 Å². The summed E-state index contributed by atoms with van der Waals surface area (Å²) in [5.41, 5.74) is 0. The molecule has 21 heavy (non-hydrogen) atoms. The molecule has 0 N–H and O–H groups in total. The Labute approximate surface area is 125 Å². The van der Waals surface area contributed by atoms with Crippen LogP contribution in [0.2, 0.25) is 0 Å². The number of likely N-dealkylation sites (tertiary alicyclic amines) is 1. The van der Waals surface area contributed by atoms with E-state index in [4.69, 9.17) is 4.52 Å². The van der Waals surface area contributed by atoms with Crippen LogP contribution in [0.5, 0.6) is 0 Å². The molecule has 1 aliphatic carbocycles. The fourth-order valence-corrected chi connectivity index (χ4v) is 3.16. The lowest BCUT2D eigenvalue weighted by Gasteiger charge is -2.23. The van der Waals surface area contributed by atoms with Crippen LogP contribution in [0, 0.1) is 5.92 Å². The predicted octanol–water partition coefficient (Wildman–Crippen LogP) is 3.21. The second kappa shape index (κ2) is 6.00. The molecule has 0 radical (unpaired) electrons. The number of carbonyl (C=O) groups is 1. The lowest BCUT2D eigenvalue weighted by Crippen LogP contribution is -2.32. The summed E-state index contributed by atoms with van der Waals surface area (Å²) in [7, 11) is 0. The third kappa shape index (κ3) is 3.01. The minimum atomic E-state index is -0.000803. The summed E-state index contributed by atoms with van der Waals surface area (Å²) in [5.74, 6) is 2.19. The summed E-state index contributed by atoms with van der Waals surface area (Å²) in [5, 5.41) is 4.09. The number of nitrogens with zero attached hydrogens (tertiary/aromatic N) is 3. The molecule has 1 aliphatic heterocycles. The predicted molar refractivity (Wildman–Crippen MR) is 78.6 cm³/mol. The number of carbonyl (C=O) groups excluding carboxylic acids is 1. The largest absolute Gasteiger partial charge is 0.339 e. The van der Waals surface area contributed by atoms with Crippen LogP contribution in [0.25, 0.3) is 0 Å². The summed E-state index contributed by atoms with van der Waals surface area (Å²) in [4.78, 5) is 18.9. The van der Waals surface area contributed by atoms with E-state index >= 15 is 0 Å². The van der Waals surface area contributed by atoms with Gasteiger partial charge in [0.2, 0.25) is 11.8 Å². The standard InChI is InChI=1S/C16H23N3O2/c1-11(2)16-17-15(18-21-16)13-8-5-9-19(13)14(20)10-12-6-3-4-7-12/h3,6,11-13H,4-5,7-10H2,1-2H3/t12-,13+/m1/s1. The van der Waals surface area contributed by atoms with Crippen molar-refractivity contribution < 1.29 is 9.32 Å². The van der Waals surface area contributed by atoms with Crippen LogP contribution in [-0.4, -0.2) is 27.5 Å². The van der Waals surface area contributed by atoms with Gasteiger partial charge in [0.25, 0.3) is 0 Å². The zero-order valence-corrected chi connectivity index (χ0v) is 12.8. The molecular weight excluding hydrogens is 266 g/mol. The summed E-state index contributed by atoms with van der Waals surface area (Å²) in [6.07, 6.45) is 9.11. The molecule has 0 saturated carbocycles. The van der Waals surface area contributed by atoms with Gasteiger partial charge in [-0.2, -0.15) is 4.98 Å². The van der Waals surface area contributed by atoms with Gasteiger partial charge in [-0.3, -0.25) is 4.79 Å². The van der Waals surface area contributed by atoms with Crippen molar-refractivity contribution in [2.75, 3.05) is 6.54 Å². The molecule has 1 fully saturated rings. The van der Waals surface area contributed by atoms with Crippen molar-refractivity contribution in [2.45, 2.75) is 57.9 Å². The zero-order valence-electron chi connectivity index (χ0n) is 12.8. The number of amides is 1. The van der Waals surface area contributed by atoms with Gasteiger partial charge in [-0.25, -0.2) is 0 Å². The number of aromatic nitrogens is 2. The van der Waals surface area contributed by atoms with Gasteiger partial charge < -0.3 is 9.42 Å². The highest BCUT2D eigenvalue weighted by Gasteiger charge is 2.34. The van der Waals surface area contributed by atoms with E-state index in [2.05, 4.69) is 22.3 Å². The molecule has 0 unspecified atom stereocenters. The van der Waals surface area contributed by atoms with E-state index in [0.717, 1.165) is 32.2 Å². The molecule has 1 saturated heterocycles. The SMILES string of the molecule is CC(C)c1nc([C@@H]2CCCN2C(=O)C[C@@H]2C=CCC2)no1. The molecule has 1 aromatic heterocycles. The summed E-state index contributed by atoms with van der Waals surface area (Å²) in [6, 6.07) is -0.000803. The molecular formula is C16H23N3O2. The zero-order chi connectivity index (χ0) is 14.8. The molecule has 2 heterocycles. The van der Waals surface area contributed by atoms with Crippen molar-refractivity contribution in [1.29, 1.82) is 0 Å². The average molecular weight is 289 g/mol. The lowest BCUT2D eigenvalue weighted by molar-refractivity contribution is -0.133. The number of rotatable bonds is 4. The highest BCUT2D eigenvalue weighted by atomic mass is 16.5. The van der Waals surface area contributed by atoms with E-state index in [0.29, 0.717) is 24.1 Å². The van der Waals surface area contributed by atoms with Crippen LogP contribution in [0.15, 0.2) is 16.7 Å². The molecule has 1 aromatic rings. The van der Waals surface area contributed by atoms with E-state index in [1.165, 1.54) is 0 Å². The van der Waals surface area contributed by atoms with Crippen LogP contribution in [0.1, 0.15) is 69.6 Å². The first kappa shape index (κ1) is 14.3. The van der Waals surface area contributed by atoms with Crippen LogP contribution < -0.4 is 0 Å². The molecule has 2 aliphatic rings. The summed E-state index contributed by atoms with van der Waals surface area (Å²) in [6.45, 7) is 4.87. The molecule has 3 rings (SSSR count). The molecule has 114 valence electrons. The average Bonchev–Trinajstić information content (AvgIpc) is 3.19. The second-order valence-corrected chi connectivity index (χ2v) is 6.36. The Kier molecular flexibility index (Phi) is 4.08. The van der Waals surface area contributed by atoms with Crippen LogP contribution in [0.3, 0.4) is 0 Å². The quantitative estimate of drug-likeness (QED) is 0.799. The molecule has 2 atom stereocenters. The fraction of sp³-hybridized carbons (Fsp3) is 0.688. The van der Waals surface area contributed by atoms with Gasteiger partial charge in [-0.15, -0.1) is 0 Å². The van der Waals surface area contributed by atoms with E-state index < -0.39 is 0 Å². The normalized spacial score (nSPS) is 25.2. The lowest BCUT2D eigenvalue weighted by atomic mass is 10.0. The number of hydrogen-bond donors (Lipinski definition) is 0. The van der Waals surface area contributed by atoms with Gasteiger partial charge in [0.1, 0.15) is 0 Å². The third-order valence-electron chi connectivity index (χ3n) is 4.37. The molecule has 5 nitrogen and oxygen atoms in total. The van der Waals surface area contributed by atoms with Crippen molar-refractivity contribution in [1.82, 2.24) is 15.0 Å². The molecule has 0 aromatic carbocycles. The Balaban J connectivity index is 1.69. The fourth-order valence-electron chi connectivity index (χ4n) is 3.16. The van der Waals surface area contributed by atoms with Crippen LogP contribution in [0.4, 0.5) is 0 Å². The van der Waals surface area contributed by atoms with Crippen molar-refractivity contribution in [3.8, 4) is 0 Å². The Bertz CT molecular complexity index is 535. The van der Waals surface area contributed by atoms with Gasteiger partial charge in [0.15, 0.2) is 5.82 Å². The summed E-state index contributed by atoms with van der Waals surface area (Å²) < 4.78 is 5.29. The third-order valence-corrected chi connectivity index (χ3v) is 4.37. The van der Waals surface area contributed by atoms with E-state index in [9.17, 15) is 4.79 Å². The Morgan fingerprint density at radius 3 is 3.00 bits per heavy atom. The first-order valence-electron chi connectivity index (χ1n) is 7.94. The maximum absolute atomic E-state index is 12.5.